The number of hydrogen-bond donors (Lipinski definition) is 2. The summed E-state index contributed by atoms with van der Waals surface area (Å²) in [7, 11) is 6.08. The van der Waals surface area contributed by atoms with Crippen molar-refractivity contribution in [3.63, 3.8) is 0 Å². The molecule has 0 bridgehead atoms. The zero-order chi connectivity index (χ0) is 18.1. The number of aromatic nitrogens is 2. The molecule has 6 heteroatoms. The average molecular weight is 342 g/mol. The molecule has 0 aliphatic rings. The first-order valence-corrected chi connectivity index (χ1v) is 8.81. The number of likely N-dealkylation sites (N-methyl/N-ethyl adjacent to an activating group) is 1. The van der Waals surface area contributed by atoms with Gasteiger partial charge >= 0.3 is 0 Å². The Bertz CT molecular complexity index is 647. The summed E-state index contributed by atoms with van der Waals surface area (Å²) < 4.78 is 1.83. The second-order valence-corrected chi connectivity index (χ2v) is 6.31. The van der Waals surface area contributed by atoms with Crippen molar-refractivity contribution in [2.45, 2.75) is 19.4 Å². The molecule has 0 fully saturated rings. The Labute approximate surface area is 151 Å². The van der Waals surface area contributed by atoms with Crippen LogP contribution in [0.2, 0.25) is 0 Å². The molecule has 0 saturated heterocycles. The van der Waals surface area contributed by atoms with E-state index in [1.165, 1.54) is 11.1 Å². The van der Waals surface area contributed by atoms with Gasteiger partial charge in [-0.2, -0.15) is 5.10 Å². The lowest BCUT2D eigenvalue weighted by atomic mass is 10.1. The van der Waals surface area contributed by atoms with Crippen molar-refractivity contribution in [1.82, 2.24) is 25.3 Å². The van der Waals surface area contributed by atoms with E-state index in [1.54, 1.807) is 0 Å². The smallest absolute Gasteiger partial charge is 0.191 e. The lowest BCUT2D eigenvalue weighted by Gasteiger charge is -2.22. The molecule has 0 amide bonds. The van der Waals surface area contributed by atoms with Crippen molar-refractivity contribution in [1.29, 1.82) is 0 Å². The maximum Gasteiger partial charge on any atom is 0.191 e. The van der Waals surface area contributed by atoms with Crippen LogP contribution in [0, 0.1) is 0 Å². The molecule has 1 aromatic carbocycles. The molecule has 0 aliphatic heterocycles. The Morgan fingerprint density at radius 2 is 2.00 bits per heavy atom. The minimum absolute atomic E-state index is 0.207. The molecule has 0 radical (unpaired) electrons. The number of nitrogens with one attached hydrogen (secondary N) is 2. The highest BCUT2D eigenvalue weighted by Crippen LogP contribution is 2.17. The van der Waals surface area contributed by atoms with Crippen molar-refractivity contribution < 1.29 is 0 Å². The number of benzene rings is 1. The summed E-state index contributed by atoms with van der Waals surface area (Å²) in [6.45, 7) is 4.46. The molecule has 6 nitrogen and oxygen atoms in total. The van der Waals surface area contributed by atoms with E-state index < -0.39 is 0 Å². The number of hydrogen-bond acceptors (Lipinski definition) is 3. The third kappa shape index (κ3) is 6.23. The summed E-state index contributed by atoms with van der Waals surface area (Å²) in [4.78, 5) is 6.94. The van der Waals surface area contributed by atoms with Gasteiger partial charge in [0, 0.05) is 31.9 Å². The van der Waals surface area contributed by atoms with Crippen molar-refractivity contribution in [2.24, 2.45) is 12.0 Å². The van der Waals surface area contributed by atoms with Crippen LogP contribution in [0.25, 0.3) is 0 Å². The number of rotatable bonds is 8. The van der Waals surface area contributed by atoms with Gasteiger partial charge in [0.05, 0.1) is 18.8 Å². The maximum absolute atomic E-state index is 4.77. The van der Waals surface area contributed by atoms with Crippen LogP contribution < -0.4 is 10.6 Å². The Balaban J connectivity index is 1.94. The largest absolute Gasteiger partial charge is 0.357 e. The van der Waals surface area contributed by atoms with Gasteiger partial charge in [-0.15, -0.1) is 0 Å². The summed E-state index contributed by atoms with van der Waals surface area (Å²) in [5.74, 6) is 0.856. The standard InChI is InChI=1S/C19H30N6/c1-5-20-19(21-12-11-16-9-7-6-8-10-16)22-14-18(24(2)3)17-13-23-25(4)15-17/h6-10,13,15,18H,5,11-12,14H2,1-4H3,(H2,20,21,22). The zero-order valence-electron chi connectivity index (χ0n) is 15.7. The predicted molar refractivity (Wildman–Crippen MR) is 104 cm³/mol. The second kappa shape index (κ2) is 9.84. The fourth-order valence-electron chi connectivity index (χ4n) is 2.67. The zero-order valence-corrected chi connectivity index (χ0v) is 15.7. The van der Waals surface area contributed by atoms with Gasteiger partial charge < -0.3 is 15.5 Å². The fourth-order valence-corrected chi connectivity index (χ4v) is 2.67. The molecule has 1 aromatic heterocycles. The van der Waals surface area contributed by atoms with E-state index in [4.69, 9.17) is 4.99 Å². The normalized spacial score (nSPS) is 13.1. The summed E-state index contributed by atoms with van der Waals surface area (Å²) in [6.07, 6.45) is 4.94. The fraction of sp³-hybridized carbons (Fsp3) is 0.474. The minimum Gasteiger partial charge on any atom is -0.357 e. The Morgan fingerprint density at radius 3 is 2.60 bits per heavy atom. The number of guanidine groups is 1. The van der Waals surface area contributed by atoms with Crippen LogP contribution in [0.5, 0.6) is 0 Å². The molecule has 0 spiro atoms. The van der Waals surface area contributed by atoms with E-state index in [-0.39, 0.29) is 6.04 Å². The molecule has 1 atom stereocenters. The molecule has 1 heterocycles. The van der Waals surface area contributed by atoms with Gasteiger partial charge in [-0.3, -0.25) is 9.67 Å². The van der Waals surface area contributed by atoms with Gasteiger partial charge in [-0.1, -0.05) is 30.3 Å². The monoisotopic (exact) mass is 342 g/mol. The molecular weight excluding hydrogens is 312 g/mol. The first-order valence-electron chi connectivity index (χ1n) is 8.81. The van der Waals surface area contributed by atoms with Crippen molar-refractivity contribution >= 4 is 5.96 Å². The van der Waals surface area contributed by atoms with Crippen LogP contribution in [-0.4, -0.2) is 54.4 Å². The first kappa shape index (κ1) is 19.0. The summed E-state index contributed by atoms with van der Waals surface area (Å²) in [5, 5.41) is 11.0. The average Bonchev–Trinajstić information content (AvgIpc) is 3.02. The summed E-state index contributed by atoms with van der Waals surface area (Å²) in [6, 6.07) is 10.7. The van der Waals surface area contributed by atoms with Crippen LogP contribution in [0.4, 0.5) is 0 Å². The molecule has 0 aliphatic carbocycles. The highest BCUT2D eigenvalue weighted by atomic mass is 15.2. The van der Waals surface area contributed by atoms with E-state index in [9.17, 15) is 0 Å². The van der Waals surface area contributed by atoms with Crippen LogP contribution in [0.1, 0.15) is 24.1 Å². The topological polar surface area (TPSA) is 57.5 Å². The molecule has 25 heavy (non-hydrogen) atoms. The van der Waals surface area contributed by atoms with Crippen molar-refractivity contribution in [3.05, 3.63) is 53.9 Å². The third-order valence-corrected chi connectivity index (χ3v) is 4.05. The van der Waals surface area contributed by atoms with Gasteiger partial charge in [-0.05, 0) is 33.0 Å². The maximum atomic E-state index is 4.77. The Morgan fingerprint density at radius 1 is 1.24 bits per heavy atom. The van der Waals surface area contributed by atoms with Crippen LogP contribution in [0.3, 0.4) is 0 Å². The van der Waals surface area contributed by atoms with Crippen molar-refractivity contribution in [2.75, 3.05) is 33.7 Å². The molecule has 2 N–H and O–H groups in total. The lowest BCUT2D eigenvalue weighted by molar-refractivity contribution is 0.306. The second-order valence-electron chi connectivity index (χ2n) is 6.31. The Hall–Kier alpha value is -2.34. The van der Waals surface area contributed by atoms with Gasteiger partial charge in [0.1, 0.15) is 0 Å². The van der Waals surface area contributed by atoms with Gasteiger partial charge in [0.15, 0.2) is 5.96 Å². The Kier molecular flexibility index (Phi) is 7.47. The van der Waals surface area contributed by atoms with Crippen LogP contribution in [0.15, 0.2) is 47.7 Å². The van der Waals surface area contributed by atoms with E-state index in [2.05, 4.69) is 72.1 Å². The van der Waals surface area contributed by atoms with Crippen LogP contribution in [-0.2, 0) is 13.5 Å². The van der Waals surface area contributed by atoms with Gasteiger partial charge in [0.2, 0.25) is 0 Å². The molecular formula is C19H30N6. The number of nitrogens with zero attached hydrogens (tertiary/aromatic N) is 4. The molecule has 136 valence electrons. The number of aryl methyl sites for hydroxylation is 1. The molecule has 0 saturated carbocycles. The van der Waals surface area contributed by atoms with Gasteiger partial charge in [0.25, 0.3) is 0 Å². The van der Waals surface area contributed by atoms with E-state index in [0.29, 0.717) is 6.54 Å². The predicted octanol–water partition coefficient (Wildman–Crippen LogP) is 1.82. The molecule has 2 aromatic rings. The SMILES string of the molecule is CCNC(=NCC(c1cnn(C)c1)N(C)C)NCCc1ccccc1. The highest BCUT2D eigenvalue weighted by molar-refractivity contribution is 5.79. The van der Waals surface area contributed by atoms with E-state index in [0.717, 1.165) is 25.5 Å². The summed E-state index contributed by atoms with van der Waals surface area (Å²) in [5.41, 5.74) is 2.50. The highest BCUT2D eigenvalue weighted by Gasteiger charge is 2.15. The van der Waals surface area contributed by atoms with Crippen LogP contribution >= 0.6 is 0 Å². The third-order valence-electron chi connectivity index (χ3n) is 4.05. The summed E-state index contributed by atoms with van der Waals surface area (Å²) >= 11 is 0. The van der Waals surface area contributed by atoms with E-state index >= 15 is 0 Å². The van der Waals surface area contributed by atoms with E-state index in [1.807, 2.05) is 24.0 Å². The molecule has 2 rings (SSSR count). The minimum atomic E-state index is 0.207. The molecule has 1 unspecified atom stereocenters. The first-order chi connectivity index (χ1) is 12.1. The lowest BCUT2D eigenvalue weighted by Crippen LogP contribution is -2.39. The quantitative estimate of drug-likeness (QED) is 0.568. The van der Waals surface area contributed by atoms with Gasteiger partial charge in [-0.25, -0.2) is 0 Å². The number of aliphatic imine (C=N–C) groups is 1. The van der Waals surface area contributed by atoms with Crippen molar-refractivity contribution in [3.8, 4) is 0 Å².